The maximum absolute atomic E-state index is 12.9. The lowest BCUT2D eigenvalue weighted by molar-refractivity contribution is -0.141. The number of carbonyl (C=O) groups is 2. The minimum atomic E-state index is -0.687. The van der Waals surface area contributed by atoms with Crippen LogP contribution in [0.1, 0.15) is 28.4 Å². The van der Waals surface area contributed by atoms with Gasteiger partial charge in [-0.15, -0.1) is 0 Å². The van der Waals surface area contributed by atoms with Crippen LogP contribution in [-0.4, -0.2) is 24.1 Å². The second-order valence-electron chi connectivity index (χ2n) is 8.00. The van der Waals surface area contributed by atoms with Crippen LogP contribution < -0.4 is 10.1 Å². The van der Waals surface area contributed by atoms with Gasteiger partial charge >= 0.3 is 5.97 Å². The van der Waals surface area contributed by atoms with Crippen LogP contribution >= 0.6 is 11.6 Å². The molecule has 0 aliphatic heterocycles. The molecule has 0 heterocycles. The summed E-state index contributed by atoms with van der Waals surface area (Å²) in [7, 11) is 1.29. The molecule has 4 aromatic carbocycles. The Kier molecular flexibility index (Phi) is 7.88. The highest BCUT2D eigenvalue weighted by Gasteiger charge is 2.22. The van der Waals surface area contributed by atoms with E-state index in [1.807, 2.05) is 78.9 Å². The van der Waals surface area contributed by atoms with Crippen molar-refractivity contribution in [2.24, 2.45) is 0 Å². The Morgan fingerprint density at radius 1 is 0.917 bits per heavy atom. The molecule has 4 rings (SSSR count). The summed E-state index contributed by atoms with van der Waals surface area (Å²) in [5.41, 5.74) is 2.51. The van der Waals surface area contributed by atoms with Crippen molar-refractivity contribution in [3.63, 3.8) is 0 Å². The van der Waals surface area contributed by atoms with Gasteiger partial charge in [-0.05, 0) is 47.5 Å². The fourth-order valence-corrected chi connectivity index (χ4v) is 3.91. The monoisotopic (exact) mass is 501 g/mol. The number of carbonyl (C=O) groups excluding carboxylic acids is 2. The molecule has 0 aliphatic carbocycles. The molecule has 1 atom stereocenters. The van der Waals surface area contributed by atoms with Crippen molar-refractivity contribution in [1.29, 1.82) is 0 Å². The number of esters is 1. The van der Waals surface area contributed by atoms with Crippen molar-refractivity contribution in [1.82, 2.24) is 5.32 Å². The smallest absolute Gasteiger partial charge is 0.307 e. The van der Waals surface area contributed by atoms with Gasteiger partial charge in [0.05, 0.1) is 25.1 Å². The van der Waals surface area contributed by atoms with Gasteiger partial charge < -0.3 is 19.9 Å². The van der Waals surface area contributed by atoms with Gasteiger partial charge in [-0.2, -0.15) is 0 Å². The molecule has 6 nitrogen and oxygen atoms in total. The van der Waals surface area contributed by atoms with Crippen LogP contribution in [0, 0.1) is 0 Å². The Hall–Kier alpha value is -4.29. The van der Waals surface area contributed by atoms with Gasteiger partial charge in [-0.3, -0.25) is 9.59 Å². The zero-order chi connectivity index (χ0) is 25.5. The quantitative estimate of drug-likeness (QED) is 0.268. The molecular formula is C29H24ClNO5. The lowest BCUT2D eigenvalue weighted by atomic mass is 9.98. The summed E-state index contributed by atoms with van der Waals surface area (Å²) in [6.07, 6.45) is -0.0867. The van der Waals surface area contributed by atoms with E-state index in [4.69, 9.17) is 21.1 Å². The van der Waals surface area contributed by atoms with Crippen LogP contribution in [0.25, 0.3) is 11.1 Å². The highest BCUT2D eigenvalue weighted by molar-refractivity contribution is 6.31. The lowest BCUT2D eigenvalue weighted by Crippen LogP contribution is -2.30. The summed E-state index contributed by atoms with van der Waals surface area (Å²) in [5, 5.41) is 13.2. The number of methoxy groups -OCH3 is 1. The van der Waals surface area contributed by atoms with Crippen molar-refractivity contribution in [3.05, 3.63) is 113 Å². The molecule has 1 amide bonds. The highest BCUT2D eigenvalue weighted by Crippen LogP contribution is 2.34. The second kappa shape index (κ2) is 11.4. The van der Waals surface area contributed by atoms with E-state index in [1.165, 1.54) is 25.3 Å². The maximum atomic E-state index is 12.9. The summed E-state index contributed by atoms with van der Waals surface area (Å²) in [4.78, 5) is 25.0. The Morgan fingerprint density at radius 3 is 2.33 bits per heavy atom. The number of para-hydroxylation sites is 2. The number of rotatable bonds is 8. The SMILES string of the molecule is COC(=O)CC(NC(=O)c1cc(Cl)ccc1O)c1ccc(-c2ccccc2Oc2ccccc2)cc1. The van der Waals surface area contributed by atoms with Gasteiger partial charge in [0.2, 0.25) is 0 Å². The number of benzene rings is 4. The predicted molar refractivity (Wildman–Crippen MR) is 138 cm³/mol. The van der Waals surface area contributed by atoms with Gasteiger partial charge in [-0.25, -0.2) is 0 Å². The first-order valence-electron chi connectivity index (χ1n) is 11.2. The van der Waals surface area contributed by atoms with Crippen molar-refractivity contribution in [2.75, 3.05) is 7.11 Å². The number of hydrogen-bond acceptors (Lipinski definition) is 5. The average molecular weight is 502 g/mol. The normalized spacial score (nSPS) is 11.4. The molecule has 4 aromatic rings. The third kappa shape index (κ3) is 6.03. The topological polar surface area (TPSA) is 84.9 Å². The first-order valence-corrected chi connectivity index (χ1v) is 11.6. The summed E-state index contributed by atoms with van der Waals surface area (Å²) in [5.74, 6) is 0.175. The molecule has 0 fully saturated rings. The molecule has 0 saturated carbocycles. The molecule has 0 radical (unpaired) electrons. The molecule has 1 unspecified atom stereocenters. The first-order chi connectivity index (χ1) is 17.4. The standard InChI is InChI=1S/C29H24ClNO5/c1-35-28(33)18-25(31-29(34)24-17-21(30)15-16-26(24)32)20-13-11-19(12-14-20)23-9-5-6-10-27(23)36-22-7-3-2-4-8-22/h2-17,25,32H,18H2,1H3,(H,31,34). The van der Waals surface area contributed by atoms with E-state index in [0.717, 1.165) is 16.9 Å². The van der Waals surface area contributed by atoms with E-state index in [0.29, 0.717) is 16.3 Å². The minimum absolute atomic E-state index is 0.0148. The van der Waals surface area contributed by atoms with Crippen molar-refractivity contribution < 1.29 is 24.2 Å². The first kappa shape index (κ1) is 24.8. The molecule has 0 aliphatic rings. The fraction of sp³-hybridized carbons (Fsp3) is 0.103. The Bertz CT molecular complexity index is 1360. The number of amides is 1. The van der Waals surface area contributed by atoms with E-state index in [9.17, 15) is 14.7 Å². The van der Waals surface area contributed by atoms with Crippen LogP contribution in [0.3, 0.4) is 0 Å². The maximum Gasteiger partial charge on any atom is 0.307 e. The number of nitrogens with one attached hydrogen (secondary N) is 1. The Balaban J connectivity index is 1.60. The van der Waals surface area contributed by atoms with Crippen LogP contribution in [0.5, 0.6) is 17.2 Å². The van der Waals surface area contributed by atoms with Crippen molar-refractivity contribution >= 4 is 23.5 Å². The zero-order valence-corrected chi connectivity index (χ0v) is 20.2. The number of hydrogen-bond donors (Lipinski definition) is 2. The van der Waals surface area contributed by atoms with Crippen LogP contribution in [-0.2, 0) is 9.53 Å². The second-order valence-corrected chi connectivity index (χ2v) is 8.44. The predicted octanol–water partition coefficient (Wildman–Crippen LogP) is 6.54. The van der Waals surface area contributed by atoms with E-state index in [-0.39, 0.29) is 17.7 Å². The molecule has 7 heteroatoms. The Labute approximate surface area is 214 Å². The van der Waals surface area contributed by atoms with E-state index >= 15 is 0 Å². The number of ether oxygens (including phenoxy) is 2. The highest BCUT2D eigenvalue weighted by atomic mass is 35.5. The van der Waals surface area contributed by atoms with Crippen LogP contribution in [0.2, 0.25) is 5.02 Å². The van der Waals surface area contributed by atoms with Gasteiger partial charge in [0.15, 0.2) is 0 Å². The molecule has 0 saturated heterocycles. The van der Waals surface area contributed by atoms with Crippen molar-refractivity contribution in [2.45, 2.75) is 12.5 Å². The summed E-state index contributed by atoms with van der Waals surface area (Å²) >= 11 is 5.99. The van der Waals surface area contributed by atoms with Gasteiger partial charge in [0.25, 0.3) is 5.91 Å². The van der Waals surface area contributed by atoms with Gasteiger partial charge in [-0.1, -0.05) is 72.3 Å². The summed E-state index contributed by atoms with van der Waals surface area (Å²) < 4.78 is 10.9. The van der Waals surface area contributed by atoms with E-state index in [1.54, 1.807) is 0 Å². The number of halogens is 1. The Morgan fingerprint density at radius 2 is 1.61 bits per heavy atom. The number of phenols is 1. The van der Waals surface area contributed by atoms with Gasteiger partial charge in [0.1, 0.15) is 17.2 Å². The molecule has 0 spiro atoms. The van der Waals surface area contributed by atoms with Crippen molar-refractivity contribution in [3.8, 4) is 28.4 Å². The molecular weight excluding hydrogens is 478 g/mol. The molecule has 182 valence electrons. The number of aromatic hydroxyl groups is 1. The molecule has 36 heavy (non-hydrogen) atoms. The zero-order valence-electron chi connectivity index (χ0n) is 19.5. The molecule has 2 N–H and O–H groups in total. The van der Waals surface area contributed by atoms with Crippen LogP contribution in [0.4, 0.5) is 0 Å². The average Bonchev–Trinajstić information content (AvgIpc) is 2.90. The lowest BCUT2D eigenvalue weighted by Gasteiger charge is -2.19. The summed E-state index contributed by atoms with van der Waals surface area (Å²) in [6.45, 7) is 0. The number of phenolic OH excluding ortho intramolecular Hbond substituents is 1. The largest absolute Gasteiger partial charge is 0.507 e. The third-order valence-corrected chi connectivity index (χ3v) is 5.82. The molecule has 0 bridgehead atoms. The third-order valence-electron chi connectivity index (χ3n) is 5.59. The minimum Gasteiger partial charge on any atom is -0.507 e. The van der Waals surface area contributed by atoms with Gasteiger partial charge in [0, 0.05) is 10.6 Å². The van der Waals surface area contributed by atoms with Crippen LogP contribution in [0.15, 0.2) is 97.1 Å². The fourth-order valence-electron chi connectivity index (χ4n) is 3.73. The summed E-state index contributed by atoms with van der Waals surface area (Å²) in [6, 6.07) is 28.2. The molecule has 0 aromatic heterocycles. The van der Waals surface area contributed by atoms with E-state index in [2.05, 4.69) is 5.32 Å². The van der Waals surface area contributed by atoms with E-state index < -0.39 is 17.9 Å².